The van der Waals surface area contributed by atoms with Gasteiger partial charge in [-0.25, -0.2) is 4.98 Å². The van der Waals surface area contributed by atoms with Crippen LogP contribution in [-0.2, 0) is 9.53 Å². The molecule has 0 bridgehead atoms. The Morgan fingerprint density at radius 1 is 1.43 bits per heavy atom. The fourth-order valence-corrected chi connectivity index (χ4v) is 4.26. The number of aromatic amines is 1. The maximum Gasteiger partial charge on any atom is 0.247 e. The predicted octanol–water partition coefficient (Wildman–Crippen LogP) is 2.03. The molecule has 23 heavy (non-hydrogen) atoms. The second-order valence-corrected chi connectivity index (χ2v) is 7.19. The van der Waals surface area contributed by atoms with Crippen LogP contribution in [0.5, 0.6) is 0 Å². The number of aromatic nitrogens is 2. The Balaban J connectivity index is 1.60. The van der Waals surface area contributed by atoms with Gasteiger partial charge in [0.05, 0.1) is 17.1 Å². The van der Waals surface area contributed by atoms with Crippen molar-refractivity contribution in [3.63, 3.8) is 0 Å². The Kier molecular flexibility index (Phi) is 3.05. The zero-order valence-electron chi connectivity index (χ0n) is 13.4. The van der Waals surface area contributed by atoms with Gasteiger partial charge in [0.15, 0.2) is 0 Å². The number of ether oxygens (including phenoxy) is 1. The van der Waals surface area contributed by atoms with Gasteiger partial charge in [0.1, 0.15) is 5.54 Å². The molecule has 2 aromatic rings. The minimum atomic E-state index is -0.933. The minimum absolute atomic E-state index is 0.0580. The first-order valence-electron chi connectivity index (χ1n) is 8.11. The Morgan fingerprint density at radius 2 is 2.22 bits per heavy atom. The lowest BCUT2D eigenvalue weighted by atomic mass is 9.46. The number of imidazole rings is 1. The summed E-state index contributed by atoms with van der Waals surface area (Å²) in [6.07, 6.45) is 1.94. The minimum Gasteiger partial charge on any atom is -0.377 e. The summed E-state index contributed by atoms with van der Waals surface area (Å²) in [5, 5.41) is 2.88. The first-order chi connectivity index (χ1) is 10.9. The quantitative estimate of drug-likeness (QED) is 0.791. The molecule has 3 atom stereocenters. The van der Waals surface area contributed by atoms with Gasteiger partial charge in [-0.2, -0.15) is 0 Å². The Hall–Kier alpha value is -1.92. The third kappa shape index (κ3) is 1.88. The molecule has 4 rings (SSSR count). The van der Waals surface area contributed by atoms with E-state index in [0.29, 0.717) is 5.95 Å². The first kappa shape index (κ1) is 14.7. The number of hydrogen-bond acceptors (Lipinski definition) is 4. The van der Waals surface area contributed by atoms with Crippen LogP contribution in [0, 0.1) is 11.3 Å². The van der Waals surface area contributed by atoms with E-state index in [-0.39, 0.29) is 17.9 Å². The molecular weight excluding hydrogens is 292 g/mol. The smallest absolute Gasteiger partial charge is 0.247 e. The number of amides is 1. The van der Waals surface area contributed by atoms with Gasteiger partial charge < -0.3 is 15.5 Å². The average molecular weight is 314 g/mol. The number of carbonyl (C=O) groups excluding carboxylic acids is 1. The molecule has 2 aliphatic rings. The van der Waals surface area contributed by atoms with Gasteiger partial charge in [-0.3, -0.25) is 10.1 Å². The zero-order chi connectivity index (χ0) is 16.2. The van der Waals surface area contributed by atoms with Crippen LogP contribution in [0.2, 0.25) is 0 Å². The number of nitrogens with zero attached hydrogens (tertiary/aromatic N) is 1. The van der Waals surface area contributed by atoms with E-state index in [4.69, 9.17) is 10.5 Å². The molecule has 1 aromatic carbocycles. The van der Waals surface area contributed by atoms with E-state index in [1.165, 1.54) is 0 Å². The van der Waals surface area contributed by atoms with Crippen LogP contribution in [0.1, 0.15) is 26.7 Å². The van der Waals surface area contributed by atoms with E-state index in [1.807, 2.05) is 38.1 Å². The first-order valence-corrected chi connectivity index (χ1v) is 8.11. The highest BCUT2D eigenvalue weighted by Gasteiger charge is 2.70. The molecule has 6 nitrogen and oxygen atoms in total. The van der Waals surface area contributed by atoms with Crippen LogP contribution in [0.3, 0.4) is 0 Å². The lowest BCUT2D eigenvalue weighted by Crippen LogP contribution is -2.81. The predicted molar refractivity (Wildman–Crippen MR) is 87.9 cm³/mol. The topological polar surface area (TPSA) is 93.0 Å². The van der Waals surface area contributed by atoms with Gasteiger partial charge in [-0.05, 0) is 25.0 Å². The molecule has 1 saturated carbocycles. The van der Waals surface area contributed by atoms with E-state index in [9.17, 15) is 4.79 Å². The summed E-state index contributed by atoms with van der Waals surface area (Å²) in [4.78, 5) is 20.4. The molecule has 4 N–H and O–H groups in total. The van der Waals surface area contributed by atoms with Crippen molar-refractivity contribution in [2.45, 2.75) is 38.3 Å². The lowest BCUT2D eigenvalue weighted by Gasteiger charge is -2.64. The second-order valence-electron chi connectivity index (χ2n) is 7.19. The molecule has 1 aromatic heterocycles. The van der Waals surface area contributed by atoms with Crippen molar-refractivity contribution in [2.75, 3.05) is 11.9 Å². The monoisotopic (exact) mass is 314 g/mol. The SMILES string of the molecule is CC1(C)C2OCCCC2C1(N)C(=O)Nc1nc2ccccc2[nH]1. The molecule has 2 heterocycles. The van der Waals surface area contributed by atoms with Crippen molar-refractivity contribution in [1.82, 2.24) is 9.97 Å². The fraction of sp³-hybridized carbons (Fsp3) is 0.529. The van der Waals surface area contributed by atoms with Crippen molar-refractivity contribution in [2.24, 2.45) is 17.1 Å². The number of benzene rings is 1. The van der Waals surface area contributed by atoms with Crippen molar-refractivity contribution in [1.29, 1.82) is 0 Å². The van der Waals surface area contributed by atoms with E-state index >= 15 is 0 Å². The maximum absolute atomic E-state index is 12.9. The normalized spacial score (nSPS) is 32.1. The Morgan fingerprint density at radius 3 is 3.00 bits per heavy atom. The van der Waals surface area contributed by atoms with Crippen molar-refractivity contribution in [3.8, 4) is 0 Å². The van der Waals surface area contributed by atoms with Crippen LogP contribution >= 0.6 is 0 Å². The van der Waals surface area contributed by atoms with Crippen molar-refractivity contribution < 1.29 is 9.53 Å². The van der Waals surface area contributed by atoms with Gasteiger partial charge in [-0.15, -0.1) is 0 Å². The van der Waals surface area contributed by atoms with Crippen LogP contribution in [0.4, 0.5) is 5.95 Å². The summed E-state index contributed by atoms with van der Waals surface area (Å²) in [7, 11) is 0. The molecule has 6 heteroatoms. The van der Waals surface area contributed by atoms with Crippen LogP contribution in [0.25, 0.3) is 11.0 Å². The van der Waals surface area contributed by atoms with Crippen molar-refractivity contribution in [3.05, 3.63) is 24.3 Å². The molecule has 0 radical (unpaired) electrons. The second kappa shape index (κ2) is 4.79. The summed E-state index contributed by atoms with van der Waals surface area (Å²) < 4.78 is 5.85. The lowest BCUT2D eigenvalue weighted by molar-refractivity contribution is -0.222. The van der Waals surface area contributed by atoms with Crippen molar-refractivity contribution >= 4 is 22.9 Å². The van der Waals surface area contributed by atoms with Gasteiger partial charge >= 0.3 is 0 Å². The number of H-pyrrole nitrogens is 1. The highest BCUT2D eigenvalue weighted by molar-refractivity contribution is 6.00. The van der Waals surface area contributed by atoms with Gasteiger partial charge in [0, 0.05) is 17.9 Å². The summed E-state index contributed by atoms with van der Waals surface area (Å²) in [5.74, 6) is 0.320. The third-order valence-corrected chi connectivity index (χ3v) is 5.68. The summed E-state index contributed by atoms with van der Waals surface area (Å²) in [6, 6.07) is 7.67. The number of carbonyl (C=O) groups is 1. The molecular formula is C17H22N4O2. The van der Waals surface area contributed by atoms with Crippen LogP contribution in [-0.4, -0.2) is 34.1 Å². The number of fused-ring (bicyclic) bond motifs is 2. The molecule has 1 amide bonds. The van der Waals surface area contributed by atoms with E-state index in [1.54, 1.807) is 0 Å². The Bertz CT molecular complexity index is 736. The van der Waals surface area contributed by atoms with E-state index in [0.717, 1.165) is 30.5 Å². The number of nitrogens with one attached hydrogen (secondary N) is 2. The number of para-hydroxylation sites is 2. The number of rotatable bonds is 2. The largest absolute Gasteiger partial charge is 0.377 e. The number of anilines is 1. The van der Waals surface area contributed by atoms with Gasteiger partial charge in [0.25, 0.3) is 0 Å². The number of hydrogen-bond donors (Lipinski definition) is 3. The molecule has 1 aliphatic carbocycles. The Labute approximate surface area is 134 Å². The summed E-state index contributed by atoms with van der Waals surface area (Å²) >= 11 is 0. The average Bonchev–Trinajstić information content (AvgIpc) is 2.96. The zero-order valence-corrected chi connectivity index (χ0v) is 13.4. The molecule has 0 spiro atoms. The molecule has 122 valence electrons. The molecule has 3 unspecified atom stereocenters. The van der Waals surface area contributed by atoms with Crippen LogP contribution in [0.15, 0.2) is 24.3 Å². The number of nitrogens with two attached hydrogens (primary N) is 1. The van der Waals surface area contributed by atoms with Gasteiger partial charge in [0.2, 0.25) is 11.9 Å². The fourth-order valence-electron chi connectivity index (χ4n) is 4.26. The molecule has 1 saturated heterocycles. The van der Waals surface area contributed by atoms with E-state index in [2.05, 4.69) is 15.3 Å². The summed E-state index contributed by atoms with van der Waals surface area (Å²) in [6.45, 7) is 4.78. The highest BCUT2D eigenvalue weighted by Crippen LogP contribution is 2.57. The van der Waals surface area contributed by atoms with E-state index < -0.39 is 11.0 Å². The standard InChI is InChI=1S/C17H22N4O2/c1-16(2)13-10(6-5-9-23-13)17(16,18)14(22)21-15-19-11-7-3-4-8-12(11)20-15/h3-4,7-8,10,13H,5-6,9,18H2,1-2H3,(H2,19,20,21,22). The molecule has 1 aliphatic heterocycles. The van der Waals surface area contributed by atoms with Crippen LogP contribution < -0.4 is 11.1 Å². The third-order valence-electron chi connectivity index (χ3n) is 5.68. The van der Waals surface area contributed by atoms with Gasteiger partial charge in [-0.1, -0.05) is 26.0 Å². The highest BCUT2D eigenvalue weighted by atomic mass is 16.5. The maximum atomic E-state index is 12.9. The molecule has 2 fully saturated rings. The summed E-state index contributed by atoms with van der Waals surface area (Å²) in [5.41, 5.74) is 6.97.